The van der Waals surface area contributed by atoms with Crippen molar-refractivity contribution in [3.05, 3.63) is 29.8 Å². The van der Waals surface area contributed by atoms with E-state index < -0.39 is 6.36 Å². The van der Waals surface area contributed by atoms with Gasteiger partial charge in [0.2, 0.25) is 0 Å². The Morgan fingerprint density at radius 3 is 2.70 bits per heavy atom. The van der Waals surface area contributed by atoms with Crippen LogP contribution in [0.5, 0.6) is 5.75 Å². The van der Waals surface area contributed by atoms with Crippen LogP contribution >= 0.6 is 0 Å². The van der Waals surface area contributed by atoms with Crippen molar-refractivity contribution in [1.82, 2.24) is 9.80 Å². The molecule has 160 valence electrons. The van der Waals surface area contributed by atoms with Crippen LogP contribution < -0.4 is 4.74 Å². The Morgan fingerprint density at radius 1 is 1.17 bits per heavy atom. The van der Waals surface area contributed by atoms with Crippen molar-refractivity contribution in [1.29, 1.82) is 0 Å². The maximum absolute atomic E-state index is 12.7. The zero-order chi connectivity index (χ0) is 21.3. The van der Waals surface area contributed by atoms with Gasteiger partial charge in [-0.2, -0.15) is 0 Å². The molecule has 0 aliphatic carbocycles. The van der Waals surface area contributed by atoms with Crippen molar-refractivity contribution in [2.75, 3.05) is 32.8 Å². The molecule has 1 aromatic rings. The Kier molecular flexibility index (Phi) is 5.60. The third-order valence-electron chi connectivity index (χ3n) is 5.56. The van der Waals surface area contributed by atoms with Gasteiger partial charge in [-0.15, -0.1) is 13.2 Å². The Bertz CT molecular complexity index is 886. The Morgan fingerprint density at radius 2 is 1.93 bits per heavy atom. The smallest absolute Gasteiger partial charge is 0.404 e. The van der Waals surface area contributed by atoms with Gasteiger partial charge in [0.15, 0.2) is 5.78 Å². The molecule has 30 heavy (non-hydrogen) atoms. The number of halogens is 3. The lowest BCUT2D eigenvalue weighted by atomic mass is 9.88. The predicted molar refractivity (Wildman–Crippen MR) is 99.5 cm³/mol. The highest BCUT2D eigenvalue weighted by atomic mass is 19.4. The summed E-state index contributed by atoms with van der Waals surface area (Å²) < 4.78 is 47.0. The Balaban J connectivity index is 1.31. The van der Waals surface area contributed by atoms with Gasteiger partial charge in [0.05, 0.1) is 17.6 Å². The van der Waals surface area contributed by atoms with Crippen LogP contribution in [0.2, 0.25) is 0 Å². The molecule has 9 heteroatoms. The summed E-state index contributed by atoms with van der Waals surface area (Å²) in [5.41, 5.74) is 0.156. The highest BCUT2D eigenvalue weighted by Crippen LogP contribution is 2.29. The molecule has 3 aliphatic rings. The van der Waals surface area contributed by atoms with E-state index in [1.807, 2.05) is 0 Å². The van der Waals surface area contributed by atoms with Crippen LogP contribution in [-0.4, -0.2) is 66.9 Å². The number of piperidine rings is 1. The summed E-state index contributed by atoms with van der Waals surface area (Å²) in [7, 11) is 0. The number of Topliss-reactive ketones (excluding diaryl/α,β-unsaturated/α-hetero) is 1. The number of hydrogen-bond acceptors (Lipinski definition) is 4. The maximum atomic E-state index is 12.7. The fourth-order valence-electron chi connectivity index (χ4n) is 4.04. The van der Waals surface area contributed by atoms with Crippen LogP contribution in [0.25, 0.3) is 0 Å². The number of likely N-dealkylation sites (tertiary alicyclic amines) is 2. The summed E-state index contributed by atoms with van der Waals surface area (Å²) in [4.78, 5) is 27.7. The molecule has 3 fully saturated rings. The zero-order valence-electron chi connectivity index (χ0n) is 16.2. The molecule has 0 bridgehead atoms. The number of urea groups is 1. The topological polar surface area (TPSA) is 59.1 Å². The molecular formula is C21H21F3N2O4. The number of carbonyl (C=O) groups excluding carboxylic acids is 2. The minimum Gasteiger partial charge on any atom is -0.404 e. The number of ether oxygens (including phenoxy) is 2. The molecule has 0 radical (unpaired) electrons. The van der Waals surface area contributed by atoms with Crippen molar-refractivity contribution in [2.24, 2.45) is 11.8 Å². The van der Waals surface area contributed by atoms with Gasteiger partial charge >= 0.3 is 12.4 Å². The van der Waals surface area contributed by atoms with Crippen molar-refractivity contribution in [3.8, 4) is 17.6 Å². The number of rotatable bonds is 1. The van der Waals surface area contributed by atoms with Crippen molar-refractivity contribution < 1.29 is 32.2 Å². The monoisotopic (exact) mass is 422 g/mol. The second kappa shape index (κ2) is 8.19. The number of ketones is 1. The summed E-state index contributed by atoms with van der Waals surface area (Å²) >= 11 is 0. The molecule has 0 N–H and O–H groups in total. The number of amides is 2. The van der Waals surface area contributed by atoms with Crippen LogP contribution in [-0.2, 0) is 9.53 Å². The van der Waals surface area contributed by atoms with Gasteiger partial charge in [0, 0.05) is 38.5 Å². The summed E-state index contributed by atoms with van der Waals surface area (Å²) in [6.45, 7) is 2.11. The molecule has 4 rings (SSSR count). The van der Waals surface area contributed by atoms with Crippen LogP contribution in [0.1, 0.15) is 18.4 Å². The summed E-state index contributed by atoms with van der Waals surface area (Å²) in [6.07, 6.45) is -3.57. The van der Waals surface area contributed by atoms with E-state index in [1.165, 1.54) is 18.2 Å². The first kappa shape index (κ1) is 20.5. The summed E-state index contributed by atoms with van der Waals surface area (Å²) in [5, 5.41) is 0. The molecular weight excluding hydrogens is 401 g/mol. The molecule has 0 unspecified atom stereocenters. The summed E-state index contributed by atoms with van der Waals surface area (Å²) in [5.74, 6) is 5.34. The van der Waals surface area contributed by atoms with Crippen LogP contribution in [0.15, 0.2) is 24.3 Å². The van der Waals surface area contributed by atoms with Gasteiger partial charge in [-0.3, -0.25) is 4.79 Å². The molecule has 2 amide bonds. The summed E-state index contributed by atoms with van der Waals surface area (Å²) in [6, 6.07) is 5.63. The first-order chi connectivity index (χ1) is 14.3. The van der Waals surface area contributed by atoms with E-state index in [2.05, 4.69) is 16.6 Å². The number of benzene rings is 1. The van der Waals surface area contributed by atoms with Crippen molar-refractivity contribution >= 4 is 11.8 Å². The fourth-order valence-corrected chi connectivity index (χ4v) is 4.04. The van der Waals surface area contributed by atoms with Crippen molar-refractivity contribution in [2.45, 2.75) is 25.3 Å². The molecule has 3 saturated heterocycles. The van der Waals surface area contributed by atoms with Gasteiger partial charge in [-0.1, -0.05) is 24.0 Å². The first-order valence-corrected chi connectivity index (χ1v) is 9.82. The maximum Gasteiger partial charge on any atom is 0.573 e. The second-order valence-corrected chi connectivity index (χ2v) is 7.78. The first-order valence-electron chi connectivity index (χ1n) is 9.82. The molecule has 0 spiro atoms. The molecule has 2 atom stereocenters. The third-order valence-corrected chi connectivity index (χ3v) is 5.56. The minimum absolute atomic E-state index is 0.0424. The minimum atomic E-state index is -4.78. The van der Waals surface area contributed by atoms with Crippen LogP contribution in [0.3, 0.4) is 0 Å². The average Bonchev–Trinajstić information content (AvgIpc) is 2.66. The van der Waals surface area contributed by atoms with E-state index in [4.69, 9.17) is 4.74 Å². The molecule has 3 aliphatic heterocycles. The lowest BCUT2D eigenvalue weighted by molar-refractivity contribution is -0.274. The van der Waals surface area contributed by atoms with Crippen LogP contribution in [0, 0.1) is 23.7 Å². The molecule has 0 saturated carbocycles. The van der Waals surface area contributed by atoms with E-state index in [0.717, 1.165) is 6.42 Å². The molecule has 3 heterocycles. The zero-order valence-corrected chi connectivity index (χ0v) is 16.2. The number of para-hydroxylation sites is 1. The Labute approximate surface area is 171 Å². The lowest BCUT2D eigenvalue weighted by Crippen LogP contribution is -2.58. The SMILES string of the molecule is O=C1CO[C@H]2CCN(C(=O)N3CC(C#Cc4ccccc4OC(F)(F)F)C3)C[C@H]2C1. The second-order valence-electron chi connectivity index (χ2n) is 7.78. The van der Waals surface area contributed by atoms with E-state index >= 15 is 0 Å². The number of alkyl halides is 3. The van der Waals surface area contributed by atoms with Gasteiger partial charge in [0.1, 0.15) is 12.4 Å². The van der Waals surface area contributed by atoms with Gasteiger partial charge in [0.25, 0.3) is 0 Å². The lowest BCUT2D eigenvalue weighted by Gasteiger charge is -2.45. The van der Waals surface area contributed by atoms with E-state index in [1.54, 1.807) is 15.9 Å². The quantitative estimate of drug-likeness (QED) is 0.653. The molecule has 1 aromatic carbocycles. The number of hydrogen-bond donors (Lipinski definition) is 0. The highest BCUT2D eigenvalue weighted by Gasteiger charge is 2.40. The molecule has 0 aromatic heterocycles. The van der Waals surface area contributed by atoms with E-state index in [0.29, 0.717) is 32.6 Å². The predicted octanol–water partition coefficient (Wildman–Crippen LogP) is 2.67. The largest absolute Gasteiger partial charge is 0.573 e. The average molecular weight is 422 g/mol. The number of fused-ring (bicyclic) bond motifs is 1. The van der Waals surface area contributed by atoms with Crippen molar-refractivity contribution in [3.63, 3.8) is 0 Å². The number of nitrogens with zero attached hydrogens (tertiary/aromatic N) is 2. The van der Waals surface area contributed by atoms with Crippen LogP contribution in [0.4, 0.5) is 18.0 Å². The molecule has 6 nitrogen and oxygen atoms in total. The highest BCUT2D eigenvalue weighted by molar-refractivity contribution is 5.81. The van der Waals surface area contributed by atoms with Gasteiger partial charge < -0.3 is 19.3 Å². The van der Waals surface area contributed by atoms with Gasteiger partial charge in [-0.05, 0) is 18.6 Å². The standard InChI is InChI=1S/C21H21F3N2O4/c22-21(23,24)30-19-4-2-1-3-15(19)6-5-14-10-26(11-14)20(28)25-8-7-18-16(12-25)9-17(27)13-29-18/h1-4,14,16,18H,7-13H2/t16-,18+/m1/s1. The fraction of sp³-hybridized carbons (Fsp3) is 0.524. The van der Waals surface area contributed by atoms with E-state index in [9.17, 15) is 22.8 Å². The number of carbonyl (C=O) groups is 2. The Hall–Kier alpha value is -2.73. The van der Waals surface area contributed by atoms with Gasteiger partial charge in [-0.25, -0.2) is 4.79 Å². The van der Waals surface area contributed by atoms with E-state index in [-0.39, 0.29) is 47.7 Å². The third kappa shape index (κ3) is 4.70. The normalized spacial score (nSPS) is 24.4.